The zero-order chi connectivity index (χ0) is 15.3. The van der Waals surface area contributed by atoms with E-state index in [1.165, 1.54) is 0 Å². The summed E-state index contributed by atoms with van der Waals surface area (Å²) in [6, 6.07) is 8.86. The second kappa shape index (κ2) is 6.86. The highest BCUT2D eigenvalue weighted by Crippen LogP contribution is 2.36. The number of nitriles is 1. The van der Waals surface area contributed by atoms with Gasteiger partial charge in [0.25, 0.3) is 0 Å². The van der Waals surface area contributed by atoms with Crippen LogP contribution in [0.15, 0.2) is 24.3 Å². The minimum atomic E-state index is -2.52. The number of aliphatic hydroxyl groups excluding tert-OH is 1. The van der Waals surface area contributed by atoms with Crippen molar-refractivity contribution >= 4 is 0 Å². The van der Waals surface area contributed by atoms with Crippen LogP contribution in [0.1, 0.15) is 43.8 Å². The molecule has 0 radical (unpaired) electrons. The van der Waals surface area contributed by atoms with Gasteiger partial charge in [-0.05, 0) is 36.5 Å². The summed E-state index contributed by atoms with van der Waals surface area (Å²) in [6.07, 6.45) is 0.0189. The number of ether oxygens (including phenoxy) is 1. The summed E-state index contributed by atoms with van der Waals surface area (Å²) in [7, 11) is 0. The molecule has 1 aromatic rings. The number of hydrogen-bond donors (Lipinski definition) is 1. The highest BCUT2D eigenvalue weighted by atomic mass is 19.3. The third-order valence-corrected chi connectivity index (χ3v) is 3.85. The Kier molecular flexibility index (Phi) is 5.13. The van der Waals surface area contributed by atoms with Crippen LogP contribution in [-0.4, -0.2) is 17.6 Å². The minimum Gasteiger partial charge on any atom is -0.493 e. The van der Waals surface area contributed by atoms with E-state index in [1.54, 1.807) is 24.3 Å². The molecular formula is C16H19F2NO2. The summed E-state index contributed by atoms with van der Waals surface area (Å²) < 4.78 is 31.8. The van der Waals surface area contributed by atoms with Crippen LogP contribution in [0.5, 0.6) is 5.75 Å². The summed E-state index contributed by atoms with van der Waals surface area (Å²) in [5.41, 5.74) is 0.629. The Morgan fingerprint density at radius 1 is 1.38 bits per heavy atom. The van der Waals surface area contributed by atoms with Crippen molar-refractivity contribution in [3.63, 3.8) is 0 Å². The van der Waals surface area contributed by atoms with Crippen LogP contribution in [0.4, 0.5) is 8.78 Å². The molecule has 0 bridgehead atoms. The van der Waals surface area contributed by atoms with E-state index in [4.69, 9.17) is 10.00 Å². The molecule has 3 nitrogen and oxygen atoms in total. The average molecular weight is 295 g/mol. The van der Waals surface area contributed by atoms with Crippen molar-refractivity contribution in [3.8, 4) is 11.8 Å². The van der Waals surface area contributed by atoms with Gasteiger partial charge in [-0.1, -0.05) is 12.1 Å². The summed E-state index contributed by atoms with van der Waals surface area (Å²) in [5.74, 6) is -1.77. The Morgan fingerprint density at radius 3 is 2.76 bits per heavy atom. The second-order valence-electron chi connectivity index (χ2n) is 5.56. The average Bonchev–Trinajstić information content (AvgIpc) is 2.47. The molecule has 0 heterocycles. The molecule has 1 N–H and O–H groups in total. The normalized spacial score (nSPS) is 19.7. The smallest absolute Gasteiger partial charge is 0.248 e. The van der Waals surface area contributed by atoms with Crippen molar-refractivity contribution in [2.75, 3.05) is 6.61 Å². The monoisotopic (exact) mass is 295 g/mol. The first-order valence-corrected chi connectivity index (χ1v) is 7.16. The number of alkyl halides is 2. The molecule has 0 aromatic heterocycles. The predicted octanol–water partition coefficient (Wildman–Crippen LogP) is 3.84. The van der Waals surface area contributed by atoms with E-state index in [1.807, 2.05) is 6.07 Å². The zero-order valence-corrected chi connectivity index (χ0v) is 11.8. The lowest BCUT2D eigenvalue weighted by molar-refractivity contribution is -0.0498. The van der Waals surface area contributed by atoms with E-state index in [2.05, 4.69) is 0 Å². The number of aliphatic hydroxyl groups is 1. The van der Waals surface area contributed by atoms with Gasteiger partial charge in [0.2, 0.25) is 5.92 Å². The number of hydrogen-bond acceptors (Lipinski definition) is 3. The molecule has 1 aliphatic carbocycles. The van der Waals surface area contributed by atoms with Gasteiger partial charge in [0.1, 0.15) is 5.75 Å². The van der Waals surface area contributed by atoms with Crippen LogP contribution in [0.25, 0.3) is 0 Å². The first-order valence-electron chi connectivity index (χ1n) is 7.16. The van der Waals surface area contributed by atoms with E-state index >= 15 is 0 Å². The van der Waals surface area contributed by atoms with Gasteiger partial charge in [-0.15, -0.1) is 0 Å². The molecule has 1 fully saturated rings. The Morgan fingerprint density at radius 2 is 2.10 bits per heavy atom. The molecule has 1 saturated carbocycles. The van der Waals surface area contributed by atoms with E-state index in [0.29, 0.717) is 30.8 Å². The van der Waals surface area contributed by atoms with Crippen molar-refractivity contribution in [2.45, 2.75) is 44.1 Å². The van der Waals surface area contributed by atoms with Crippen LogP contribution in [0.2, 0.25) is 0 Å². The van der Waals surface area contributed by atoms with Crippen LogP contribution in [0, 0.1) is 17.2 Å². The third kappa shape index (κ3) is 4.68. The number of nitrogens with zero attached hydrogens (tertiary/aromatic N) is 1. The summed E-state index contributed by atoms with van der Waals surface area (Å²) in [5, 5.41) is 18.3. The fourth-order valence-corrected chi connectivity index (χ4v) is 2.50. The van der Waals surface area contributed by atoms with E-state index in [-0.39, 0.29) is 25.2 Å². The van der Waals surface area contributed by atoms with Crippen molar-refractivity contribution in [3.05, 3.63) is 29.8 Å². The fraction of sp³-hybridized carbons (Fsp3) is 0.562. The molecule has 0 aliphatic heterocycles. The van der Waals surface area contributed by atoms with Gasteiger partial charge >= 0.3 is 0 Å². The van der Waals surface area contributed by atoms with E-state index in [9.17, 15) is 13.9 Å². The molecule has 0 spiro atoms. The maximum atomic E-state index is 13.1. The lowest BCUT2D eigenvalue weighted by atomic mass is 9.87. The van der Waals surface area contributed by atoms with Crippen molar-refractivity contribution < 1.29 is 18.6 Å². The van der Waals surface area contributed by atoms with E-state index in [0.717, 1.165) is 0 Å². The van der Waals surface area contributed by atoms with Gasteiger partial charge in [-0.25, -0.2) is 8.78 Å². The predicted molar refractivity (Wildman–Crippen MR) is 74.0 cm³/mol. The first kappa shape index (κ1) is 15.7. The van der Waals surface area contributed by atoms with Crippen LogP contribution in [0.3, 0.4) is 0 Å². The molecule has 1 aromatic carbocycles. The SMILES string of the molecule is N#CCC(O)c1cccc(OCC2CCC(F)(F)CC2)c1. The lowest BCUT2D eigenvalue weighted by Gasteiger charge is -2.28. The number of halogens is 2. The lowest BCUT2D eigenvalue weighted by Crippen LogP contribution is -2.27. The molecular weight excluding hydrogens is 276 g/mol. The van der Waals surface area contributed by atoms with Crippen molar-refractivity contribution in [1.82, 2.24) is 0 Å². The maximum absolute atomic E-state index is 13.1. The molecule has 21 heavy (non-hydrogen) atoms. The summed E-state index contributed by atoms with van der Waals surface area (Å²) >= 11 is 0. The summed E-state index contributed by atoms with van der Waals surface area (Å²) in [4.78, 5) is 0. The highest BCUT2D eigenvalue weighted by molar-refractivity contribution is 5.30. The van der Waals surface area contributed by atoms with E-state index < -0.39 is 12.0 Å². The van der Waals surface area contributed by atoms with Gasteiger partial charge in [-0.3, -0.25) is 0 Å². The Bertz CT molecular complexity index is 503. The molecule has 2 rings (SSSR count). The highest BCUT2D eigenvalue weighted by Gasteiger charge is 2.34. The molecule has 114 valence electrons. The maximum Gasteiger partial charge on any atom is 0.248 e. The van der Waals surface area contributed by atoms with Crippen molar-refractivity contribution in [2.24, 2.45) is 5.92 Å². The Labute approximate surface area is 123 Å². The molecule has 1 atom stereocenters. The fourth-order valence-electron chi connectivity index (χ4n) is 2.50. The van der Waals surface area contributed by atoms with Gasteiger partial charge in [0.15, 0.2) is 0 Å². The van der Waals surface area contributed by atoms with Gasteiger partial charge in [0.05, 0.1) is 25.2 Å². The number of benzene rings is 1. The third-order valence-electron chi connectivity index (χ3n) is 3.85. The molecule has 0 saturated heterocycles. The Hall–Kier alpha value is -1.67. The molecule has 5 heteroatoms. The summed E-state index contributed by atoms with van der Waals surface area (Å²) in [6.45, 7) is 0.411. The number of rotatable bonds is 5. The Balaban J connectivity index is 1.86. The van der Waals surface area contributed by atoms with Crippen LogP contribution >= 0.6 is 0 Å². The molecule has 1 aliphatic rings. The minimum absolute atomic E-state index is 0.0289. The van der Waals surface area contributed by atoms with Crippen LogP contribution in [-0.2, 0) is 0 Å². The topological polar surface area (TPSA) is 53.2 Å². The first-order chi connectivity index (χ1) is 10.00. The largest absolute Gasteiger partial charge is 0.493 e. The quantitative estimate of drug-likeness (QED) is 0.898. The molecule has 1 unspecified atom stereocenters. The van der Waals surface area contributed by atoms with Gasteiger partial charge < -0.3 is 9.84 Å². The van der Waals surface area contributed by atoms with Crippen LogP contribution < -0.4 is 4.74 Å². The van der Waals surface area contributed by atoms with Gasteiger partial charge in [0, 0.05) is 12.8 Å². The standard InChI is InChI=1S/C16H19F2NO2/c17-16(18)7-4-12(5-8-16)11-21-14-3-1-2-13(10-14)15(20)6-9-19/h1-3,10,12,15,20H,4-8,11H2. The second-order valence-corrected chi connectivity index (χ2v) is 5.56. The zero-order valence-electron chi connectivity index (χ0n) is 11.8. The van der Waals surface area contributed by atoms with Gasteiger partial charge in [-0.2, -0.15) is 5.26 Å². The van der Waals surface area contributed by atoms with Crippen molar-refractivity contribution in [1.29, 1.82) is 5.26 Å². The molecule has 0 amide bonds.